The standard InChI is InChI=1S/C20H23N9O.C2H6N2O2/c21-8-5-12-6-9-29(10-7-12)20-27-15(11-22)16(18(25)30)19(28-20)26-14-3-1-13(2-4-14)17(23)24;3-4-1-2(5)6/h1-4,11-12,22H,5-7,9-10H2,(H3,23,24)(H2,25,30)(H,26,27,28);4H,1,3H2,(H,5,6). The predicted molar refractivity (Wildman–Crippen MR) is 134 cm³/mol. The number of amides is 1. The van der Waals surface area contributed by atoms with Gasteiger partial charge in [0, 0.05) is 37.0 Å². The predicted octanol–water partition coefficient (Wildman–Crippen LogP) is 0.265. The number of aliphatic carboxylic acids is 1. The van der Waals surface area contributed by atoms with Gasteiger partial charge in [-0.2, -0.15) is 10.2 Å². The fourth-order valence-corrected chi connectivity index (χ4v) is 3.47. The molecule has 1 fully saturated rings. The van der Waals surface area contributed by atoms with Crippen molar-refractivity contribution in [2.75, 3.05) is 29.9 Å². The van der Waals surface area contributed by atoms with E-state index in [0.29, 0.717) is 42.6 Å². The number of amidine groups is 1. The molecule has 3 rings (SSSR count). The van der Waals surface area contributed by atoms with Crippen LogP contribution >= 0.6 is 0 Å². The maximum absolute atomic E-state index is 12.0. The van der Waals surface area contributed by atoms with Gasteiger partial charge in [-0.25, -0.2) is 10.4 Å². The highest BCUT2D eigenvalue weighted by molar-refractivity contribution is 6.04. The number of carbonyl (C=O) groups is 2. The maximum atomic E-state index is 12.0. The zero-order valence-electron chi connectivity index (χ0n) is 19.5. The third-order valence-corrected chi connectivity index (χ3v) is 5.30. The highest BCUT2D eigenvalue weighted by Crippen LogP contribution is 2.27. The zero-order chi connectivity index (χ0) is 26.7. The quantitative estimate of drug-likeness (QED) is 0.101. The number of nitrogen functional groups attached to an aromatic ring is 1. The lowest BCUT2D eigenvalue weighted by Gasteiger charge is -2.31. The van der Waals surface area contributed by atoms with Gasteiger partial charge in [-0.1, -0.05) is 0 Å². The third kappa shape index (κ3) is 7.72. The third-order valence-electron chi connectivity index (χ3n) is 5.30. The molecular weight excluding hydrogens is 466 g/mol. The van der Waals surface area contributed by atoms with E-state index in [4.69, 9.17) is 32.7 Å². The van der Waals surface area contributed by atoms with Crippen molar-refractivity contribution >= 4 is 41.4 Å². The Bertz CT molecular complexity index is 1140. The van der Waals surface area contributed by atoms with E-state index >= 15 is 0 Å². The van der Waals surface area contributed by atoms with Crippen LogP contribution in [0.5, 0.6) is 0 Å². The number of benzene rings is 1. The number of carbonyl (C=O) groups excluding carboxylic acids is 1. The Morgan fingerprint density at radius 2 is 1.86 bits per heavy atom. The molecule has 0 atom stereocenters. The number of anilines is 3. The van der Waals surface area contributed by atoms with Crippen molar-refractivity contribution < 1.29 is 14.7 Å². The molecule has 0 aliphatic carbocycles. The fourth-order valence-electron chi connectivity index (χ4n) is 3.47. The van der Waals surface area contributed by atoms with E-state index in [9.17, 15) is 9.59 Å². The van der Waals surface area contributed by atoms with Crippen LogP contribution in [0.4, 0.5) is 17.5 Å². The van der Waals surface area contributed by atoms with Crippen LogP contribution in [0.2, 0.25) is 0 Å². The molecule has 14 heteroatoms. The van der Waals surface area contributed by atoms with Gasteiger partial charge in [0.1, 0.15) is 29.5 Å². The summed E-state index contributed by atoms with van der Waals surface area (Å²) in [4.78, 5) is 32.4. The highest BCUT2D eigenvalue weighted by Gasteiger charge is 2.24. The minimum Gasteiger partial charge on any atom is -0.480 e. The Balaban J connectivity index is 0.000000678. The first-order valence-electron chi connectivity index (χ1n) is 10.9. The number of hydrogen-bond acceptors (Lipinski definition) is 11. The fraction of sp³-hybridized carbons (Fsp3) is 0.318. The summed E-state index contributed by atoms with van der Waals surface area (Å²) in [6.45, 7) is 1.19. The van der Waals surface area contributed by atoms with Gasteiger partial charge < -0.3 is 32.2 Å². The smallest absolute Gasteiger partial charge is 0.318 e. The first-order valence-corrected chi connectivity index (χ1v) is 10.9. The average molecular weight is 496 g/mol. The molecule has 0 bridgehead atoms. The summed E-state index contributed by atoms with van der Waals surface area (Å²) in [5.74, 6) is 3.83. The number of nitriles is 1. The molecule has 1 aliphatic rings. The molecule has 2 aromatic rings. The van der Waals surface area contributed by atoms with Crippen LogP contribution in [0.15, 0.2) is 24.3 Å². The second kappa shape index (κ2) is 13.3. The lowest BCUT2D eigenvalue weighted by molar-refractivity contribution is -0.135. The van der Waals surface area contributed by atoms with Crippen LogP contribution in [0, 0.1) is 28.1 Å². The summed E-state index contributed by atoms with van der Waals surface area (Å²) in [7, 11) is 0. The topological polar surface area (TPSA) is 257 Å². The second-order valence-electron chi connectivity index (χ2n) is 7.82. The molecule has 11 N–H and O–H groups in total. The molecule has 0 unspecified atom stereocenters. The molecule has 1 aliphatic heterocycles. The average Bonchev–Trinajstić information content (AvgIpc) is 2.84. The van der Waals surface area contributed by atoms with Crippen molar-refractivity contribution in [3.05, 3.63) is 41.1 Å². The SMILES string of the molecule is N#CCC1CCN(c2nc(C=N)c(C(N)=O)c(Nc3ccc(C(=N)N)cc3)n2)CC1.NNCC(=O)O. The lowest BCUT2D eigenvalue weighted by atomic mass is 9.94. The zero-order valence-corrected chi connectivity index (χ0v) is 19.5. The molecule has 1 saturated heterocycles. The first kappa shape index (κ1) is 27.6. The number of primary amides is 1. The largest absolute Gasteiger partial charge is 0.480 e. The van der Waals surface area contributed by atoms with E-state index in [2.05, 4.69) is 27.2 Å². The lowest BCUT2D eigenvalue weighted by Crippen LogP contribution is -2.35. The minimum atomic E-state index is -0.947. The van der Waals surface area contributed by atoms with E-state index in [0.717, 1.165) is 19.1 Å². The molecule has 0 saturated carbocycles. The molecule has 36 heavy (non-hydrogen) atoms. The van der Waals surface area contributed by atoms with Gasteiger partial charge in [0.05, 0.1) is 6.07 Å². The molecular formula is C22H29N11O3. The number of piperidine rings is 1. The van der Waals surface area contributed by atoms with Crippen LogP contribution < -0.4 is 33.0 Å². The molecule has 0 radical (unpaired) electrons. The summed E-state index contributed by atoms with van der Waals surface area (Å²) < 4.78 is 0. The van der Waals surface area contributed by atoms with E-state index in [1.807, 2.05) is 10.3 Å². The molecule has 14 nitrogen and oxygen atoms in total. The Kier molecular flexibility index (Phi) is 10.2. The normalized spacial score (nSPS) is 13.1. The number of carboxylic acids is 1. The number of rotatable bonds is 9. The van der Waals surface area contributed by atoms with Crippen molar-refractivity contribution in [1.29, 1.82) is 16.1 Å². The summed E-state index contributed by atoms with van der Waals surface area (Å²) in [6, 6.07) is 8.98. The Hall–Kier alpha value is -4.61. The first-order chi connectivity index (χ1) is 17.2. The van der Waals surface area contributed by atoms with E-state index in [1.165, 1.54) is 0 Å². The van der Waals surface area contributed by atoms with Gasteiger partial charge in [-0.05, 0) is 43.0 Å². The van der Waals surface area contributed by atoms with Gasteiger partial charge >= 0.3 is 5.97 Å². The molecule has 0 spiro atoms. The van der Waals surface area contributed by atoms with E-state index in [1.54, 1.807) is 24.3 Å². The van der Waals surface area contributed by atoms with Gasteiger partial charge in [0.25, 0.3) is 5.91 Å². The van der Waals surface area contributed by atoms with Crippen molar-refractivity contribution in [2.45, 2.75) is 19.3 Å². The van der Waals surface area contributed by atoms with Crippen molar-refractivity contribution in [2.24, 2.45) is 23.2 Å². The number of nitrogens with zero attached hydrogens (tertiary/aromatic N) is 4. The minimum absolute atomic E-state index is 0.0313. The van der Waals surface area contributed by atoms with Crippen LogP contribution in [0.3, 0.4) is 0 Å². The summed E-state index contributed by atoms with van der Waals surface area (Å²) >= 11 is 0. The summed E-state index contributed by atoms with van der Waals surface area (Å²) in [5, 5.41) is 34.9. The van der Waals surface area contributed by atoms with Gasteiger partial charge in [-0.15, -0.1) is 0 Å². The van der Waals surface area contributed by atoms with Crippen LogP contribution in [-0.2, 0) is 4.79 Å². The number of aromatic nitrogens is 2. The van der Waals surface area contributed by atoms with Crippen molar-refractivity contribution in [3.63, 3.8) is 0 Å². The van der Waals surface area contributed by atoms with E-state index in [-0.39, 0.29) is 29.5 Å². The molecule has 1 amide bonds. The van der Waals surface area contributed by atoms with E-state index < -0.39 is 11.9 Å². The van der Waals surface area contributed by atoms with Gasteiger partial charge in [0.15, 0.2) is 0 Å². The number of carboxylic acid groups (broad SMARTS) is 1. The Morgan fingerprint density at radius 3 is 2.31 bits per heavy atom. The van der Waals surface area contributed by atoms with Crippen molar-refractivity contribution in [3.8, 4) is 6.07 Å². The van der Waals surface area contributed by atoms with Gasteiger partial charge in [-0.3, -0.25) is 20.8 Å². The maximum Gasteiger partial charge on any atom is 0.318 e. The monoisotopic (exact) mass is 495 g/mol. The molecule has 1 aromatic heterocycles. The van der Waals surface area contributed by atoms with Crippen molar-refractivity contribution in [1.82, 2.24) is 15.4 Å². The summed E-state index contributed by atoms with van der Waals surface area (Å²) in [6.07, 6.45) is 3.22. The molecule has 2 heterocycles. The Labute approximate surface area is 207 Å². The number of hydrazine groups is 1. The second-order valence-corrected chi connectivity index (χ2v) is 7.82. The highest BCUT2D eigenvalue weighted by atomic mass is 16.4. The summed E-state index contributed by atoms with van der Waals surface area (Å²) in [5.41, 5.74) is 14.3. The number of nitrogens with two attached hydrogens (primary N) is 3. The van der Waals surface area contributed by atoms with Gasteiger partial charge in [0.2, 0.25) is 5.95 Å². The number of hydrogen-bond donors (Lipinski definition) is 8. The molecule has 190 valence electrons. The Morgan fingerprint density at radius 1 is 1.22 bits per heavy atom. The number of nitrogens with one attached hydrogen (secondary N) is 4. The van der Waals surface area contributed by atoms with Crippen LogP contribution in [0.1, 0.15) is 40.9 Å². The van der Waals surface area contributed by atoms with Crippen LogP contribution in [0.25, 0.3) is 0 Å². The van der Waals surface area contributed by atoms with Crippen LogP contribution in [-0.4, -0.2) is 58.6 Å². The molecule has 1 aromatic carbocycles.